The van der Waals surface area contributed by atoms with Crippen LogP contribution >= 0.6 is 0 Å². The Bertz CT molecular complexity index is 831. The van der Waals surface area contributed by atoms with Crippen LogP contribution in [0, 0.1) is 6.92 Å². The molecule has 120 valence electrons. The molecule has 4 heteroatoms. The van der Waals surface area contributed by atoms with Crippen molar-refractivity contribution in [2.24, 2.45) is 0 Å². The number of benzene rings is 2. The number of amides is 1. The largest absolute Gasteiger partial charge is 0.380 e. The number of hydrogen-bond donors (Lipinski definition) is 2. The molecule has 1 aromatic heterocycles. The first-order valence-electron chi connectivity index (χ1n) is 7.81. The summed E-state index contributed by atoms with van der Waals surface area (Å²) in [6.45, 7) is 2.76. The van der Waals surface area contributed by atoms with E-state index in [1.807, 2.05) is 36.4 Å². The SMILES string of the molecule is Cc1cccc(CNc2cncc(C(=O)Nc3ccccc3)c2)c1. The monoisotopic (exact) mass is 317 g/mol. The Balaban J connectivity index is 1.66. The van der Waals surface area contributed by atoms with Gasteiger partial charge in [0, 0.05) is 24.6 Å². The standard InChI is InChI=1S/C20H19N3O/c1-15-6-5-7-16(10-15)12-22-19-11-17(13-21-14-19)20(24)23-18-8-3-2-4-9-18/h2-11,13-14,22H,12H2,1H3,(H,23,24). The average molecular weight is 317 g/mol. The van der Waals surface area contributed by atoms with E-state index in [4.69, 9.17) is 0 Å². The van der Waals surface area contributed by atoms with Crippen molar-refractivity contribution in [2.75, 3.05) is 10.6 Å². The van der Waals surface area contributed by atoms with Gasteiger partial charge >= 0.3 is 0 Å². The summed E-state index contributed by atoms with van der Waals surface area (Å²) in [4.78, 5) is 16.5. The molecule has 3 rings (SSSR count). The predicted molar refractivity (Wildman–Crippen MR) is 97.1 cm³/mol. The number of nitrogens with one attached hydrogen (secondary N) is 2. The van der Waals surface area contributed by atoms with Crippen LogP contribution in [0.4, 0.5) is 11.4 Å². The van der Waals surface area contributed by atoms with E-state index in [1.54, 1.807) is 18.5 Å². The lowest BCUT2D eigenvalue weighted by molar-refractivity contribution is 0.102. The fraction of sp³-hybridized carbons (Fsp3) is 0.100. The Morgan fingerprint density at radius 3 is 2.58 bits per heavy atom. The molecule has 1 amide bonds. The molecule has 0 bridgehead atoms. The Morgan fingerprint density at radius 1 is 0.958 bits per heavy atom. The second-order valence-electron chi connectivity index (χ2n) is 5.63. The first-order chi connectivity index (χ1) is 11.7. The van der Waals surface area contributed by atoms with E-state index in [0.29, 0.717) is 12.1 Å². The third kappa shape index (κ3) is 4.20. The third-order valence-electron chi connectivity index (χ3n) is 3.61. The van der Waals surface area contributed by atoms with Gasteiger partial charge in [-0.1, -0.05) is 48.0 Å². The fourth-order valence-corrected chi connectivity index (χ4v) is 2.41. The summed E-state index contributed by atoms with van der Waals surface area (Å²) in [5.41, 5.74) is 4.52. The molecule has 0 radical (unpaired) electrons. The molecule has 0 aliphatic carbocycles. The number of pyridine rings is 1. The van der Waals surface area contributed by atoms with Crippen LogP contribution in [-0.4, -0.2) is 10.9 Å². The van der Waals surface area contributed by atoms with Gasteiger partial charge in [-0.25, -0.2) is 0 Å². The van der Waals surface area contributed by atoms with E-state index in [9.17, 15) is 4.79 Å². The van der Waals surface area contributed by atoms with E-state index in [1.165, 1.54) is 11.1 Å². The summed E-state index contributed by atoms with van der Waals surface area (Å²) in [5.74, 6) is -0.173. The number of nitrogens with zero attached hydrogens (tertiary/aromatic N) is 1. The minimum absolute atomic E-state index is 0.173. The zero-order valence-corrected chi connectivity index (χ0v) is 13.5. The van der Waals surface area contributed by atoms with Gasteiger partial charge in [0.2, 0.25) is 0 Å². The van der Waals surface area contributed by atoms with E-state index < -0.39 is 0 Å². The lowest BCUT2D eigenvalue weighted by Gasteiger charge is -2.09. The average Bonchev–Trinajstić information content (AvgIpc) is 2.61. The van der Waals surface area contributed by atoms with Gasteiger partial charge in [0.05, 0.1) is 11.3 Å². The molecule has 0 fully saturated rings. The second kappa shape index (κ2) is 7.42. The van der Waals surface area contributed by atoms with Gasteiger partial charge in [-0.05, 0) is 30.7 Å². The van der Waals surface area contributed by atoms with Crippen LogP contribution in [-0.2, 0) is 6.54 Å². The lowest BCUT2D eigenvalue weighted by Crippen LogP contribution is -2.12. The molecule has 0 aliphatic rings. The van der Waals surface area contributed by atoms with Crippen LogP contribution in [0.1, 0.15) is 21.5 Å². The summed E-state index contributed by atoms with van der Waals surface area (Å²) in [5, 5.41) is 6.16. The summed E-state index contributed by atoms with van der Waals surface area (Å²) in [6.07, 6.45) is 3.28. The van der Waals surface area contributed by atoms with Crippen molar-refractivity contribution in [3.8, 4) is 0 Å². The normalized spacial score (nSPS) is 10.2. The van der Waals surface area contributed by atoms with Crippen molar-refractivity contribution in [3.05, 3.63) is 89.7 Å². The van der Waals surface area contributed by atoms with Crippen LogP contribution in [0.2, 0.25) is 0 Å². The van der Waals surface area contributed by atoms with Crippen molar-refractivity contribution in [3.63, 3.8) is 0 Å². The Morgan fingerprint density at radius 2 is 1.79 bits per heavy atom. The van der Waals surface area contributed by atoms with Crippen LogP contribution in [0.5, 0.6) is 0 Å². The van der Waals surface area contributed by atoms with E-state index in [2.05, 4.69) is 40.7 Å². The topological polar surface area (TPSA) is 54.0 Å². The highest BCUT2D eigenvalue weighted by atomic mass is 16.1. The maximum atomic E-state index is 12.3. The van der Waals surface area contributed by atoms with Crippen molar-refractivity contribution in [2.45, 2.75) is 13.5 Å². The zero-order chi connectivity index (χ0) is 16.8. The Labute approximate surface area is 141 Å². The number of hydrogen-bond acceptors (Lipinski definition) is 3. The highest BCUT2D eigenvalue weighted by molar-refractivity contribution is 6.04. The van der Waals surface area contributed by atoms with Crippen molar-refractivity contribution < 1.29 is 4.79 Å². The second-order valence-corrected chi connectivity index (χ2v) is 5.63. The van der Waals surface area contributed by atoms with Gasteiger partial charge in [-0.2, -0.15) is 0 Å². The van der Waals surface area contributed by atoms with Crippen molar-refractivity contribution in [1.82, 2.24) is 4.98 Å². The maximum Gasteiger partial charge on any atom is 0.257 e. The smallest absolute Gasteiger partial charge is 0.257 e. The van der Waals surface area contributed by atoms with Gasteiger partial charge in [-0.3, -0.25) is 9.78 Å². The first kappa shape index (κ1) is 15.7. The molecule has 3 aromatic rings. The van der Waals surface area contributed by atoms with E-state index in [-0.39, 0.29) is 5.91 Å². The minimum Gasteiger partial charge on any atom is -0.380 e. The molecule has 0 spiro atoms. The number of para-hydroxylation sites is 1. The number of carbonyl (C=O) groups is 1. The molecule has 4 nitrogen and oxygen atoms in total. The lowest BCUT2D eigenvalue weighted by atomic mass is 10.1. The fourth-order valence-electron chi connectivity index (χ4n) is 2.41. The Hall–Kier alpha value is -3.14. The van der Waals surface area contributed by atoms with Gasteiger partial charge < -0.3 is 10.6 Å². The van der Waals surface area contributed by atoms with Crippen LogP contribution in [0.15, 0.2) is 73.1 Å². The number of aryl methyl sites for hydroxylation is 1. The van der Waals surface area contributed by atoms with Crippen LogP contribution in [0.25, 0.3) is 0 Å². The molecular weight excluding hydrogens is 298 g/mol. The quantitative estimate of drug-likeness (QED) is 0.739. The zero-order valence-electron chi connectivity index (χ0n) is 13.5. The highest BCUT2D eigenvalue weighted by Crippen LogP contribution is 2.13. The molecule has 2 aromatic carbocycles. The Kier molecular flexibility index (Phi) is 4.87. The van der Waals surface area contributed by atoms with Gasteiger partial charge in [0.1, 0.15) is 0 Å². The van der Waals surface area contributed by atoms with Gasteiger partial charge in [0.25, 0.3) is 5.91 Å². The van der Waals surface area contributed by atoms with E-state index in [0.717, 1.165) is 11.4 Å². The third-order valence-corrected chi connectivity index (χ3v) is 3.61. The number of aromatic nitrogens is 1. The van der Waals surface area contributed by atoms with Crippen LogP contribution < -0.4 is 10.6 Å². The molecule has 24 heavy (non-hydrogen) atoms. The molecule has 0 aliphatic heterocycles. The number of rotatable bonds is 5. The molecule has 0 atom stereocenters. The molecule has 0 saturated carbocycles. The summed E-state index contributed by atoms with van der Waals surface area (Å²) in [6, 6.07) is 19.5. The van der Waals surface area contributed by atoms with Crippen molar-refractivity contribution >= 4 is 17.3 Å². The summed E-state index contributed by atoms with van der Waals surface area (Å²) >= 11 is 0. The molecule has 0 saturated heterocycles. The van der Waals surface area contributed by atoms with E-state index >= 15 is 0 Å². The highest BCUT2D eigenvalue weighted by Gasteiger charge is 2.07. The summed E-state index contributed by atoms with van der Waals surface area (Å²) in [7, 11) is 0. The molecule has 2 N–H and O–H groups in total. The van der Waals surface area contributed by atoms with Crippen molar-refractivity contribution in [1.29, 1.82) is 0 Å². The van der Waals surface area contributed by atoms with Crippen LogP contribution in [0.3, 0.4) is 0 Å². The number of carbonyl (C=O) groups excluding carboxylic acids is 1. The molecular formula is C20H19N3O. The molecule has 1 heterocycles. The number of anilines is 2. The molecule has 0 unspecified atom stereocenters. The van der Waals surface area contributed by atoms with Gasteiger partial charge in [0.15, 0.2) is 0 Å². The first-order valence-corrected chi connectivity index (χ1v) is 7.81. The summed E-state index contributed by atoms with van der Waals surface area (Å²) < 4.78 is 0. The maximum absolute atomic E-state index is 12.3. The minimum atomic E-state index is -0.173. The van der Waals surface area contributed by atoms with Gasteiger partial charge in [-0.15, -0.1) is 0 Å². The predicted octanol–water partition coefficient (Wildman–Crippen LogP) is 4.25.